The van der Waals surface area contributed by atoms with Crippen molar-refractivity contribution in [2.24, 2.45) is 0 Å². The first-order valence-corrected chi connectivity index (χ1v) is 9.86. The molecule has 2 aromatic heterocycles. The monoisotopic (exact) mass is 421 g/mol. The number of thiophene rings is 1. The van der Waals surface area contributed by atoms with Gasteiger partial charge in [0.2, 0.25) is 0 Å². The molecule has 0 unspecified atom stereocenters. The van der Waals surface area contributed by atoms with Crippen molar-refractivity contribution in [3.05, 3.63) is 76.8 Å². The summed E-state index contributed by atoms with van der Waals surface area (Å²) >= 11 is 1.55. The maximum atomic E-state index is 12.3. The Hall–Kier alpha value is -3.51. The van der Waals surface area contributed by atoms with E-state index < -0.39 is 24.0 Å². The molecule has 7 nitrogen and oxygen atoms in total. The van der Waals surface area contributed by atoms with Crippen molar-refractivity contribution in [1.82, 2.24) is 15.8 Å². The number of pyridine rings is 1. The fourth-order valence-corrected chi connectivity index (χ4v) is 3.43. The zero-order valence-corrected chi connectivity index (χ0v) is 16.8. The van der Waals surface area contributed by atoms with Crippen molar-refractivity contribution in [3.63, 3.8) is 0 Å². The number of nitrogens with zero attached hydrogens (tertiary/aromatic N) is 1. The molecule has 0 fully saturated rings. The highest BCUT2D eigenvalue weighted by atomic mass is 32.1. The van der Waals surface area contributed by atoms with Gasteiger partial charge in [0, 0.05) is 17.3 Å². The lowest BCUT2D eigenvalue weighted by atomic mass is 10.1. The summed E-state index contributed by atoms with van der Waals surface area (Å²) in [6, 6.07) is 14.9. The number of hydroxylamine groups is 1. The Morgan fingerprint density at radius 3 is 2.47 bits per heavy atom. The van der Waals surface area contributed by atoms with E-state index in [4.69, 9.17) is 5.21 Å². The smallest absolute Gasteiger partial charge is 0.268 e. The van der Waals surface area contributed by atoms with Crippen LogP contribution in [0.2, 0.25) is 0 Å². The van der Waals surface area contributed by atoms with Gasteiger partial charge in [-0.1, -0.05) is 17.9 Å². The second-order valence-corrected chi connectivity index (χ2v) is 7.46. The van der Waals surface area contributed by atoms with Crippen molar-refractivity contribution < 1.29 is 19.9 Å². The first-order chi connectivity index (χ1) is 14.5. The van der Waals surface area contributed by atoms with Crippen LogP contribution < -0.4 is 10.8 Å². The predicted octanol–water partition coefficient (Wildman–Crippen LogP) is 2.19. The average molecular weight is 421 g/mol. The predicted molar refractivity (Wildman–Crippen MR) is 113 cm³/mol. The zero-order chi connectivity index (χ0) is 21.5. The number of aliphatic hydroxyl groups is 1. The van der Waals surface area contributed by atoms with E-state index in [1.807, 2.05) is 30.3 Å². The zero-order valence-electron chi connectivity index (χ0n) is 16.0. The number of nitrogens with one attached hydrogen (secondary N) is 2. The first kappa shape index (κ1) is 21.2. The number of aromatic nitrogens is 1. The highest BCUT2D eigenvalue weighted by molar-refractivity contribution is 7.16. The average Bonchev–Trinajstić information content (AvgIpc) is 3.25. The number of carbonyl (C=O) groups is 2. The molecule has 0 bridgehead atoms. The number of carbonyl (C=O) groups excluding carboxylic acids is 2. The van der Waals surface area contributed by atoms with Crippen LogP contribution in [0.25, 0.3) is 10.6 Å². The lowest BCUT2D eigenvalue weighted by molar-refractivity contribution is -0.133. The van der Waals surface area contributed by atoms with Crippen LogP contribution in [0, 0.1) is 11.8 Å². The van der Waals surface area contributed by atoms with Crippen molar-refractivity contribution in [3.8, 4) is 22.4 Å². The molecule has 2 heterocycles. The Morgan fingerprint density at radius 1 is 1.07 bits per heavy atom. The van der Waals surface area contributed by atoms with Gasteiger partial charge in [-0.15, -0.1) is 11.3 Å². The van der Waals surface area contributed by atoms with Crippen LogP contribution in [-0.2, 0) is 4.79 Å². The van der Waals surface area contributed by atoms with Crippen molar-refractivity contribution in [2.45, 2.75) is 19.1 Å². The van der Waals surface area contributed by atoms with E-state index >= 15 is 0 Å². The standard InChI is InChI=1S/C22H19N3O4S/c1-14(26)20(22(28)25-29)24-21(27)16-8-5-15(6-9-16)7-10-17-11-12-19(30-17)18-4-2-3-13-23-18/h2-6,8-9,11-14,20,26,29H,1H3,(H,24,27)(H,25,28)/t14-,20-/m0/s1. The molecule has 0 aliphatic heterocycles. The number of hydrogen-bond donors (Lipinski definition) is 4. The van der Waals surface area contributed by atoms with Crippen LogP contribution in [0.1, 0.15) is 27.7 Å². The summed E-state index contributed by atoms with van der Waals surface area (Å²) in [7, 11) is 0. The molecule has 0 saturated carbocycles. The van der Waals surface area contributed by atoms with Gasteiger partial charge in [-0.05, 0) is 55.5 Å². The van der Waals surface area contributed by atoms with E-state index in [0.717, 1.165) is 21.0 Å². The largest absolute Gasteiger partial charge is 0.391 e. The van der Waals surface area contributed by atoms with Gasteiger partial charge >= 0.3 is 0 Å². The molecule has 0 saturated heterocycles. The van der Waals surface area contributed by atoms with E-state index in [2.05, 4.69) is 22.1 Å². The van der Waals surface area contributed by atoms with Gasteiger partial charge < -0.3 is 10.4 Å². The quantitative estimate of drug-likeness (QED) is 0.287. The lowest BCUT2D eigenvalue weighted by Gasteiger charge is -2.19. The number of rotatable bonds is 5. The van der Waals surface area contributed by atoms with E-state index in [9.17, 15) is 14.7 Å². The number of aliphatic hydroxyl groups excluding tert-OH is 1. The first-order valence-electron chi connectivity index (χ1n) is 9.04. The van der Waals surface area contributed by atoms with Crippen molar-refractivity contribution in [1.29, 1.82) is 0 Å². The van der Waals surface area contributed by atoms with Crippen LogP contribution in [0.3, 0.4) is 0 Å². The Balaban J connectivity index is 1.68. The maximum Gasteiger partial charge on any atom is 0.268 e. The van der Waals surface area contributed by atoms with Gasteiger partial charge in [-0.3, -0.25) is 19.8 Å². The molecular formula is C22H19N3O4S. The molecule has 8 heteroatoms. The number of hydrogen-bond acceptors (Lipinski definition) is 6. The molecular weight excluding hydrogens is 402 g/mol. The van der Waals surface area contributed by atoms with Crippen LogP contribution in [-0.4, -0.2) is 39.3 Å². The summed E-state index contributed by atoms with van der Waals surface area (Å²) in [4.78, 5) is 30.1. The molecule has 0 aliphatic rings. The SMILES string of the molecule is C[C@H](O)[C@H](NC(=O)c1ccc(C#Cc2ccc(-c3ccccn3)s2)cc1)C(=O)NO. The fourth-order valence-electron chi connectivity index (χ4n) is 2.59. The second kappa shape index (κ2) is 9.80. The summed E-state index contributed by atoms with van der Waals surface area (Å²) in [5, 5.41) is 20.7. The maximum absolute atomic E-state index is 12.3. The van der Waals surface area contributed by atoms with Gasteiger partial charge in [0.1, 0.15) is 6.04 Å². The minimum atomic E-state index is -1.27. The molecule has 1 aromatic carbocycles. The highest BCUT2D eigenvalue weighted by Crippen LogP contribution is 2.25. The van der Waals surface area contributed by atoms with E-state index in [1.54, 1.807) is 41.8 Å². The Morgan fingerprint density at radius 2 is 1.83 bits per heavy atom. The minimum Gasteiger partial charge on any atom is -0.391 e. The summed E-state index contributed by atoms with van der Waals surface area (Å²) < 4.78 is 0. The number of benzene rings is 1. The molecule has 0 aliphatic carbocycles. The highest BCUT2D eigenvalue weighted by Gasteiger charge is 2.25. The van der Waals surface area contributed by atoms with Crippen molar-refractivity contribution in [2.75, 3.05) is 0 Å². The third-order valence-electron chi connectivity index (χ3n) is 4.16. The molecule has 2 amide bonds. The molecule has 4 N–H and O–H groups in total. The van der Waals surface area contributed by atoms with E-state index in [-0.39, 0.29) is 0 Å². The van der Waals surface area contributed by atoms with E-state index in [1.165, 1.54) is 12.4 Å². The third-order valence-corrected chi connectivity index (χ3v) is 5.19. The van der Waals surface area contributed by atoms with Gasteiger partial charge in [0.25, 0.3) is 11.8 Å². The van der Waals surface area contributed by atoms with E-state index in [0.29, 0.717) is 5.56 Å². The number of amides is 2. The van der Waals surface area contributed by atoms with Crippen LogP contribution in [0.4, 0.5) is 0 Å². The van der Waals surface area contributed by atoms with Crippen LogP contribution >= 0.6 is 11.3 Å². The Kier molecular flexibility index (Phi) is 6.93. The normalized spacial score (nSPS) is 12.2. The molecule has 2 atom stereocenters. The lowest BCUT2D eigenvalue weighted by Crippen LogP contribution is -2.51. The fraction of sp³-hybridized carbons (Fsp3) is 0.136. The van der Waals surface area contributed by atoms with Gasteiger partial charge in [-0.25, -0.2) is 5.48 Å². The summed E-state index contributed by atoms with van der Waals surface area (Å²) in [5.74, 6) is 4.69. The topological polar surface area (TPSA) is 112 Å². The molecule has 152 valence electrons. The third kappa shape index (κ3) is 5.30. The minimum absolute atomic E-state index is 0.297. The molecule has 30 heavy (non-hydrogen) atoms. The van der Waals surface area contributed by atoms with Crippen molar-refractivity contribution >= 4 is 23.2 Å². The van der Waals surface area contributed by atoms with Crippen LogP contribution in [0.5, 0.6) is 0 Å². The van der Waals surface area contributed by atoms with Gasteiger partial charge in [-0.2, -0.15) is 0 Å². The molecule has 0 spiro atoms. The Bertz CT molecular complexity index is 1080. The summed E-state index contributed by atoms with van der Waals surface area (Å²) in [6.07, 6.45) is 0.575. The molecule has 3 rings (SSSR count). The summed E-state index contributed by atoms with van der Waals surface area (Å²) in [5.41, 5.74) is 3.34. The molecule has 0 radical (unpaired) electrons. The molecule has 3 aromatic rings. The van der Waals surface area contributed by atoms with Gasteiger partial charge in [0.15, 0.2) is 0 Å². The van der Waals surface area contributed by atoms with Gasteiger partial charge in [0.05, 0.1) is 21.6 Å². The summed E-state index contributed by atoms with van der Waals surface area (Å²) in [6.45, 7) is 1.34. The Labute approximate surface area is 177 Å². The van der Waals surface area contributed by atoms with Crippen LogP contribution in [0.15, 0.2) is 60.8 Å². The second-order valence-electron chi connectivity index (χ2n) is 6.37.